The van der Waals surface area contributed by atoms with Crippen molar-refractivity contribution in [2.45, 2.75) is 156 Å². The van der Waals surface area contributed by atoms with E-state index in [0.29, 0.717) is 4.88 Å². The van der Waals surface area contributed by atoms with E-state index in [4.69, 9.17) is 0 Å². The van der Waals surface area contributed by atoms with Gasteiger partial charge in [0.15, 0.2) is 0 Å². The molecule has 2 nitrogen and oxygen atoms in total. The highest BCUT2D eigenvalue weighted by Crippen LogP contribution is 2.35. The van der Waals surface area contributed by atoms with Gasteiger partial charge < -0.3 is 5.11 Å². The summed E-state index contributed by atoms with van der Waals surface area (Å²) in [6, 6.07) is 0. The molecule has 0 bridgehead atoms. The quantitative estimate of drug-likeness (QED) is 0.134. The second kappa shape index (κ2) is 20.5. The van der Waals surface area contributed by atoms with Gasteiger partial charge in [-0.2, -0.15) is 0 Å². The van der Waals surface area contributed by atoms with Crippen LogP contribution in [0.4, 0.5) is 0 Å². The minimum Gasteiger partial charge on any atom is -0.477 e. The van der Waals surface area contributed by atoms with Crippen LogP contribution >= 0.6 is 22.7 Å². The number of hydrogen-bond donors (Lipinski definition) is 1. The van der Waals surface area contributed by atoms with Crippen molar-refractivity contribution in [2.24, 2.45) is 0 Å². The number of rotatable bonds is 23. The van der Waals surface area contributed by atoms with Gasteiger partial charge in [-0.25, -0.2) is 4.79 Å². The molecule has 1 N–H and O–H groups in total. The topological polar surface area (TPSA) is 37.3 Å². The molecule has 0 saturated heterocycles. The van der Waals surface area contributed by atoms with Gasteiger partial charge in [-0.05, 0) is 91.2 Å². The van der Waals surface area contributed by atoms with Crippen LogP contribution < -0.4 is 0 Å². The highest BCUT2D eigenvalue weighted by atomic mass is 32.1. The lowest BCUT2D eigenvalue weighted by atomic mass is 9.96. The monoisotopic (exact) mass is 572 g/mol. The average Bonchev–Trinajstić information content (AvgIpc) is 3.48. The Bertz CT molecular complexity index is 966. The third-order valence-corrected chi connectivity index (χ3v) is 10.1. The van der Waals surface area contributed by atoms with Crippen molar-refractivity contribution in [1.82, 2.24) is 0 Å². The Morgan fingerprint density at radius 3 is 1.59 bits per heavy atom. The second-order valence-corrected chi connectivity index (χ2v) is 13.2. The molecule has 0 spiro atoms. The molecule has 2 aromatic rings. The molecule has 220 valence electrons. The Morgan fingerprint density at radius 1 is 0.615 bits per heavy atom. The van der Waals surface area contributed by atoms with E-state index < -0.39 is 5.97 Å². The first-order valence-corrected chi connectivity index (χ1v) is 17.9. The Balaban J connectivity index is 2.34. The summed E-state index contributed by atoms with van der Waals surface area (Å²) in [6.45, 7) is 9.04. The fraction of sp³-hybridized carbons (Fsp3) is 0.686. The predicted molar refractivity (Wildman–Crippen MR) is 176 cm³/mol. The first kappa shape index (κ1) is 33.8. The van der Waals surface area contributed by atoms with Gasteiger partial charge in [-0.1, -0.05) is 105 Å². The van der Waals surface area contributed by atoms with E-state index in [2.05, 4.69) is 45.2 Å². The van der Waals surface area contributed by atoms with Gasteiger partial charge in [-0.3, -0.25) is 0 Å². The van der Waals surface area contributed by atoms with Crippen LogP contribution in [-0.4, -0.2) is 11.1 Å². The number of aryl methyl sites for hydroxylation is 1. The van der Waals surface area contributed by atoms with Crippen LogP contribution in [0.1, 0.15) is 172 Å². The summed E-state index contributed by atoms with van der Waals surface area (Å²) in [6.07, 6.45) is 28.8. The number of carboxylic acid groups (broad SMARTS) is 1. The van der Waals surface area contributed by atoms with Crippen LogP contribution in [-0.2, 0) is 25.7 Å². The van der Waals surface area contributed by atoms with E-state index in [9.17, 15) is 9.90 Å². The fourth-order valence-corrected chi connectivity index (χ4v) is 7.70. The molecule has 4 heteroatoms. The van der Waals surface area contributed by atoms with Gasteiger partial charge >= 0.3 is 5.97 Å². The lowest BCUT2D eigenvalue weighted by Gasteiger charge is -2.08. The lowest BCUT2D eigenvalue weighted by molar-refractivity contribution is 0.0701. The van der Waals surface area contributed by atoms with Crippen molar-refractivity contribution in [3.8, 4) is 0 Å². The molecule has 0 atom stereocenters. The van der Waals surface area contributed by atoms with Crippen LogP contribution in [0.3, 0.4) is 0 Å². The standard InChI is InChI=1S/C35H56O2S2/c1-5-9-13-17-21-28-27-38-32(29(28)22-18-14-10-6-2)25-26-33-30(23-19-15-11-7-3)31(24-20-16-12-8-4)34(39-33)35(36)37/h25-27H,5-24H2,1-4H3,(H,36,37)/b26-25+. The summed E-state index contributed by atoms with van der Waals surface area (Å²) in [5, 5.41) is 12.5. The van der Waals surface area contributed by atoms with Crippen molar-refractivity contribution >= 4 is 40.8 Å². The normalized spacial score (nSPS) is 11.7. The van der Waals surface area contributed by atoms with E-state index in [0.717, 1.165) is 31.2 Å². The summed E-state index contributed by atoms with van der Waals surface area (Å²) < 4.78 is 0. The van der Waals surface area contributed by atoms with Gasteiger partial charge in [0, 0.05) is 9.75 Å². The van der Waals surface area contributed by atoms with Gasteiger partial charge in [0.05, 0.1) is 0 Å². The molecule has 2 rings (SSSR count). The maximum absolute atomic E-state index is 12.3. The number of carboxylic acids is 1. The maximum atomic E-state index is 12.3. The van der Waals surface area contributed by atoms with Crippen LogP contribution in [0.5, 0.6) is 0 Å². The summed E-state index contributed by atoms with van der Waals surface area (Å²) in [5.74, 6) is -0.748. The molecule has 0 radical (unpaired) electrons. The smallest absolute Gasteiger partial charge is 0.346 e. The Morgan fingerprint density at radius 2 is 1.08 bits per heavy atom. The minimum atomic E-state index is -0.748. The molecule has 0 aliphatic carbocycles. The molecule has 39 heavy (non-hydrogen) atoms. The van der Waals surface area contributed by atoms with E-state index >= 15 is 0 Å². The number of carbonyl (C=O) groups is 1. The Hall–Kier alpha value is -1.39. The highest BCUT2D eigenvalue weighted by molar-refractivity contribution is 7.15. The van der Waals surface area contributed by atoms with E-state index in [1.165, 1.54) is 129 Å². The average molecular weight is 573 g/mol. The predicted octanol–water partition coefficient (Wildman–Crippen LogP) is 12.2. The van der Waals surface area contributed by atoms with Gasteiger partial charge in [0.2, 0.25) is 0 Å². The van der Waals surface area contributed by atoms with E-state index in [-0.39, 0.29) is 0 Å². The summed E-state index contributed by atoms with van der Waals surface area (Å²) >= 11 is 3.41. The maximum Gasteiger partial charge on any atom is 0.346 e. The zero-order valence-electron chi connectivity index (χ0n) is 25.5. The number of aromatic carboxylic acids is 1. The highest BCUT2D eigenvalue weighted by Gasteiger charge is 2.21. The van der Waals surface area contributed by atoms with Crippen LogP contribution in [0.15, 0.2) is 5.38 Å². The van der Waals surface area contributed by atoms with Crippen molar-refractivity contribution in [2.75, 3.05) is 0 Å². The van der Waals surface area contributed by atoms with Crippen molar-refractivity contribution in [3.05, 3.63) is 42.3 Å². The molecular weight excluding hydrogens is 517 g/mol. The third-order valence-electron chi connectivity index (χ3n) is 7.88. The summed E-state index contributed by atoms with van der Waals surface area (Å²) in [4.78, 5) is 15.5. The van der Waals surface area contributed by atoms with E-state index in [1.54, 1.807) is 11.1 Å². The van der Waals surface area contributed by atoms with Crippen molar-refractivity contribution < 1.29 is 9.90 Å². The third kappa shape index (κ3) is 11.9. The van der Waals surface area contributed by atoms with Gasteiger partial charge in [0.25, 0.3) is 0 Å². The summed E-state index contributed by atoms with van der Waals surface area (Å²) in [5.41, 5.74) is 5.56. The zero-order chi connectivity index (χ0) is 28.3. The Labute approximate surface area is 248 Å². The molecule has 0 unspecified atom stereocenters. The SMILES string of the molecule is CCCCCCc1csc(/C=C/c2sc(C(=O)O)c(CCCCCC)c2CCCCCC)c1CCCCCC. The number of unbranched alkanes of at least 4 members (excludes halogenated alkanes) is 12. The summed E-state index contributed by atoms with van der Waals surface area (Å²) in [7, 11) is 0. The zero-order valence-corrected chi connectivity index (χ0v) is 27.2. The van der Waals surface area contributed by atoms with Crippen LogP contribution in [0.2, 0.25) is 0 Å². The fourth-order valence-electron chi connectivity index (χ4n) is 5.51. The molecule has 0 saturated carbocycles. The first-order chi connectivity index (χ1) is 19.1. The minimum absolute atomic E-state index is 0.583. The largest absolute Gasteiger partial charge is 0.477 e. The van der Waals surface area contributed by atoms with Gasteiger partial charge in [-0.15, -0.1) is 22.7 Å². The first-order valence-electron chi connectivity index (χ1n) is 16.2. The molecule has 2 heterocycles. The molecule has 0 fully saturated rings. The van der Waals surface area contributed by atoms with Crippen LogP contribution in [0, 0.1) is 0 Å². The molecule has 0 aromatic carbocycles. The molecule has 0 aliphatic rings. The second-order valence-electron chi connectivity index (χ2n) is 11.2. The van der Waals surface area contributed by atoms with Crippen molar-refractivity contribution in [1.29, 1.82) is 0 Å². The molecular formula is C35H56O2S2. The van der Waals surface area contributed by atoms with E-state index in [1.807, 2.05) is 11.3 Å². The Kier molecular flexibility index (Phi) is 17.8. The lowest BCUT2D eigenvalue weighted by Crippen LogP contribution is -2.01. The van der Waals surface area contributed by atoms with Gasteiger partial charge in [0.1, 0.15) is 4.88 Å². The number of hydrogen-bond acceptors (Lipinski definition) is 3. The van der Waals surface area contributed by atoms with Crippen molar-refractivity contribution in [3.63, 3.8) is 0 Å². The number of thiophene rings is 2. The molecule has 0 aliphatic heterocycles. The molecule has 0 amide bonds. The van der Waals surface area contributed by atoms with Crippen LogP contribution in [0.25, 0.3) is 12.2 Å². The molecule has 2 aromatic heterocycles.